The second kappa shape index (κ2) is 9.48. The topological polar surface area (TPSA) is 44.8 Å². The number of benzene rings is 2. The van der Waals surface area contributed by atoms with Crippen molar-refractivity contribution in [2.75, 3.05) is 39.8 Å². The summed E-state index contributed by atoms with van der Waals surface area (Å²) >= 11 is 0. The van der Waals surface area contributed by atoms with Crippen LogP contribution in [-0.2, 0) is 17.9 Å². The van der Waals surface area contributed by atoms with E-state index in [4.69, 9.17) is 4.74 Å². The Morgan fingerprint density at radius 1 is 1.04 bits per heavy atom. The van der Waals surface area contributed by atoms with E-state index in [-0.39, 0.29) is 18.3 Å². The molecule has 2 aromatic carbocycles. The molecule has 3 rings (SSSR count). The second-order valence-electron chi connectivity index (χ2n) is 6.77. The Labute approximate surface area is 159 Å². The summed E-state index contributed by atoms with van der Waals surface area (Å²) in [5.74, 6) is 0.511. The highest BCUT2D eigenvalue weighted by Crippen LogP contribution is 2.14. The van der Waals surface area contributed by atoms with Crippen molar-refractivity contribution in [3.8, 4) is 5.75 Å². The fraction of sp³-hybridized carbons (Fsp3) is 0.381. The van der Waals surface area contributed by atoms with Gasteiger partial charge in [-0.05, 0) is 23.8 Å². The van der Waals surface area contributed by atoms with Gasteiger partial charge in [0.15, 0.2) is 0 Å². The summed E-state index contributed by atoms with van der Waals surface area (Å²) in [4.78, 5) is 16.7. The molecule has 6 heteroatoms. The lowest BCUT2D eigenvalue weighted by Gasteiger charge is -2.34. The van der Waals surface area contributed by atoms with Gasteiger partial charge in [0.05, 0.1) is 13.7 Å². The van der Waals surface area contributed by atoms with Crippen LogP contribution < -0.4 is 10.1 Å². The number of halogens is 1. The number of piperazine rings is 1. The summed E-state index contributed by atoms with van der Waals surface area (Å²) in [5.41, 5.74) is 1.77. The van der Waals surface area contributed by atoms with E-state index in [1.807, 2.05) is 12.1 Å². The van der Waals surface area contributed by atoms with Crippen molar-refractivity contribution in [3.05, 3.63) is 65.5 Å². The third-order valence-corrected chi connectivity index (χ3v) is 4.83. The molecule has 1 N–H and O–H groups in total. The number of amides is 1. The molecule has 2 aromatic rings. The van der Waals surface area contributed by atoms with Gasteiger partial charge < -0.3 is 10.1 Å². The number of carbonyl (C=O) groups excluding carboxylic acids is 1. The molecule has 0 aliphatic carbocycles. The number of hydrogen-bond donors (Lipinski definition) is 1. The molecule has 0 spiro atoms. The van der Waals surface area contributed by atoms with Gasteiger partial charge in [0.2, 0.25) is 5.91 Å². The molecular formula is C21H26FN3O2. The molecule has 0 saturated carbocycles. The van der Waals surface area contributed by atoms with Gasteiger partial charge in [-0.2, -0.15) is 0 Å². The molecule has 27 heavy (non-hydrogen) atoms. The van der Waals surface area contributed by atoms with Gasteiger partial charge in [0.1, 0.15) is 11.6 Å². The average Bonchev–Trinajstić information content (AvgIpc) is 2.69. The maximum atomic E-state index is 13.6. The summed E-state index contributed by atoms with van der Waals surface area (Å²) in [5, 5.41) is 2.80. The lowest BCUT2D eigenvalue weighted by atomic mass is 10.2. The largest absolute Gasteiger partial charge is 0.497 e. The molecule has 0 unspecified atom stereocenters. The van der Waals surface area contributed by atoms with Crippen LogP contribution in [0.3, 0.4) is 0 Å². The number of ether oxygens (including phenoxy) is 1. The Morgan fingerprint density at radius 2 is 1.70 bits per heavy atom. The van der Waals surface area contributed by atoms with E-state index in [0.717, 1.165) is 38.5 Å². The summed E-state index contributed by atoms with van der Waals surface area (Å²) in [6.07, 6.45) is 0. The molecule has 0 radical (unpaired) electrons. The molecule has 0 aromatic heterocycles. The third-order valence-electron chi connectivity index (χ3n) is 4.83. The van der Waals surface area contributed by atoms with Crippen LogP contribution >= 0.6 is 0 Å². The average molecular weight is 371 g/mol. The van der Waals surface area contributed by atoms with E-state index < -0.39 is 0 Å². The summed E-state index contributed by atoms with van der Waals surface area (Å²) < 4.78 is 18.8. The Morgan fingerprint density at radius 3 is 2.37 bits per heavy atom. The van der Waals surface area contributed by atoms with Crippen LogP contribution in [0, 0.1) is 5.82 Å². The van der Waals surface area contributed by atoms with E-state index >= 15 is 0 Å². The third kappa shape index (κ3) is 5.77. The quantitative estimate of drug-likeness (QED) is 0.811. The maximum Gasteiger partial charge on any atom is 0.234 e. The van der Waals surface area contributed by atoms with Crippen LogP contribution in [0.25, 0.3) is 0 Å². The Balaban J connectivity index is 1.38. The summed E-state index contributed by atoms with van der Waals surface area (Å²) in [6, 6.07) is 14.6. The van der Waals surface area contributed by atoms with Crippen LogP contribution in [0.4, 0.5) is 4.39 Å². The van der Waals surface area contributed by atoms with E-state index in [1.54, 1.807) is 25.3 Å². The zero-order valence-electron chi connectivity index (χ0n) is 15.7. The minimum Gasteiger partial charge on any atom is -0.497 e. The zero-order valence-corrected chi connectivity index (χ0v) is 15.7. The van der Waals surface area contributed by atoms with Crippen LogP contribution in [0.2, 0.25) is 0 Å². The number of methoxy groups -OCH3 is 1. The molecule has 0 bridgehead atoms. The van der Waals surface area contributed by atoms with Gasteiger partial charge in [-0.3, -0.25) is 14.6 Å². The lowest BCUT2D eigenvalue weighted by molar-refractivity contribution is -0.122. The Bertz CT molecular complexity index is 743. The first kappa shape index (κ1) is 19.3. The van der Waals surface area contributed by atoms with Gasteiger partial charge in [-0.25, -0.2) is 4.39 Å². The predicted molar refractivity (Wildman–Crippen MR) is 103 cm³/mol. The van der Waals surface area contributed by atoms with Crippen LogP contribution in [0.1, 0.15) is 11.1 Å². The van der Waals surface area contributed by atoms with Gasteiger partial charge in [0, 0.05) is 44.8 Å². The number of carbonyl (C=O) groups is 1. The highest BCUT2D eigenvalue weighted by atomic mass is 19.1. The zero-order chi connectivity index (χ0) is 19.1. The standard InChI is InChI=1S/C21H26FN3O2/c1-27-19-8-6-17(7-9-19)15-24-10-12-25(13-11-24)16-21(26)23-14-18-4-2-3-5-20(18)22/h2-9H,10-16H2,1H3,(H,23,26). The number of rotatable bonds is 7. The number of nitrogens with zero attached hydrogens (tertiary/aromatic N) is 2. The van der Waals surface area contributed by atoms with Crippen LogP contribution in [0.5, 0.6) is 5.75 Å². The molecule has 1 heterocycles. The lowest BCUT2D eigenvalue weighted by Crippen LogP contribution is -2.49. The number of hydrogen-bond acceptors (Lipinski definition) is 4. The smallest absolute Gasteiger partial charge is 0.234 e. The highest BCUT2D eigenvalue weighted by molar-refractivity contribution is 5.78. The normalized spacial score (nSPS) is 15.5. The fourth-order valence-corrected chi connectivity index (χ4v) is 3.19. The minimum atomic E-state index is -0.287. The van der Waals surface area contributed by atoms with Crippen molar-refractivity contribution in [1.29, 1.82) is 0 Å². The highest BCUT2D eigenvalue weighted by Gasteiger charge is 2.19. The maximum absolute atomic E-state index is 13.6. The molecule has 1 amide bonds. The molecule has 1 aliphatic heterocycles. The first-order valence-corrected chi connectivity index (χ1v) is 9.22. The minimum absolute atomic E-state index is 0.0677. The van der Waals surface area contributed by atoms with Crippen LogP contribution in [-0.4, -0.2) is 55.5 Å². The summed E-state index contributed by atoms with van der Waals surface area (Å²) in [7, 11) is 1.67. The fourth-order valence-electron chi connectivity index (χ4n) is 3.19. The van der Waals surface area contributed by atoms with Crippen molar-refractivity contribution >= 4 is 5.91 Å². The second-order valence-corrected chi connectivity index (χ2v) is 6.77. The predicted octanol–water partition coefficient (Wildman–Crippen LogP) is 2.27. The van der Waals surface area contributed by atoms with Crippen molar-refractivity contribution in [2.24, 2.45) is 0 Å². The SMILES string of the molecule is COc1ccc(CN2CCN(CC(=O)NCc3ccccc3F)CC2)cc1. The molecule has 1 aliphatic rings. The van der Waals surface area contributed by atoms with Crippen molar-refractivity contribution in [2.45, 2.75) is 13.1 Å². The number of nitrogens with one attached hydrogen (secondary N) is 1. The van der Waals surface area contributed by atoms with E-state index in [1.165, 1.54) is 11.6 Å². The van der Waals surface area contributed by atoms with Gasteiger partial charge >= 0.3 is 0 Å². The molecule has 0 atom stereocenters. The molecule has 1 fully saturated rings. The van der Waals surface area contributed by atoms with Gasteiger partial charge in [0.25, 0.3) is 0 Å². The first-order chi connectivity index (χ1) is 13.1. The molecule has 1 saturated heterocycles. The first-order valence-electron chi connectivity index (χ1n) is 9.22. The Kier molecular flexibility index (Phi) is 6.79. The van der Waals surface area contributed by atoms with Crippen LogP contribution in [0.15, 0.2) is 48.5 Å². The van der Waals surface area contributed by atoms with Crippen molar-refractivity contribution in [3.63, 3.8) is 0 Å². The monoisotopic (exact) mass is 371 g/mol. The molecular weight excluding hydrogens is 345 g/mol. The Hall–Kier alpha value is -2.44. The van der Waals surface area contributed by atoms with Gasteiger partial charge in [-0.1, -0.05) is 30.3 Å². The molecule has 144 valence electrons. The van der Waals surface area contributed by atoms with E-state index in [2.05, 4.69) is 27.2 Å². The van der Waals surface area contributed by atoms with Gasteiger partial charge in [-0.15, -0.1) is 0 Å². The summed E-state index contributed by atoms with van der Waals surface area (Å²) in [6.45, 7) is 5.02. The van der Waals surface area contributed by atoms with Crippen molar-refractivity contribution in [1.82, 2.24) is 15.1 Å². The van der Waals surface area contributed by atoms with Crippen molar-refractivity contribution < 1.29 is 13.9 Å². The molecule has 5 nitrogen and oxygen atoms in total. The van der Waals surface area contributed by atoms with E-state index in [9.17, 15) is 9.18 Å². The van der Waals surface area contributed by atoms with E-state index in [0.29, 0.717) is 12.1 Å².